The standard InChI is InChI=1S/C14H17N5/c1-16-12-8-13(19-14(15)18-12)17-11-6-5-9-3-2-4-10(9)7-11/h5-8H,2-4H2,1H3,(H4,15,16,17,18,19). The first-order chi connectivity index (χ1) is 9.24. The molecule has 98 valence electrons. The van der Waals surface area contributed by atoms with Gasteiger partial charge in [0.2, 0.25) is 5.95 Å². The van der Waals surface area contributed by atoms with Crippen molar-refractivity contribution in [2.24, 2.45) is 0 Å². The maximum absolute atomic E-state index is 5.68. The van der Waals surface area contributed by atoms with Crippen molar-refractivity contribution < 1.29 is 0 Å². The van der Waals surface area contributed by atoms with E-state index in [0.717, 1.165) is 5.69 Å². The lowest BCUT2D eigenvalue weighted by molar-refractivity contribution is 0.912. The van der Waals surface area contributed by atoms with E-state index in [1.54, 1.807) is 7.05 Å². The molecule has 0 fully saturated rings. The van der Waals surface area contributed by atoms with Gasteiger partial charge in [-0.25, -0.2) is 0 Å². The molecule has 0 aliphatic heterocycles. The monoisotopic (exact) mass is 255 g/mol. The smallest absolute Gasteiger partial charge is 0.223 e. The van der Waals surface area contributed by atoms with E-state index in [0.29, 0.717) is 11.6 Å². The average Bonchev–Trinajstić information content (AvgIpc) is 2.85. The minimum Gasteiger partial charge on any atom is -0.373 e. The summed E-state index contributed by atoms with van der Waals surface area (Å²) < 4.78 is 0. The van der Waals surface area contributed by atoms with Crippen LogP contribution in [0.1, 0.15) is 17.5 Å². The fraction of sp³-hybridized carbons (Fsp3) is 0.286. The third-order valence-corrected chi connectivity index (χ3v) is 3.37. The molecule has 3 rings (SSSR count). The van der Waals surface area contributed by atoms with Crippen LogP contribution in [-0.4, -0.2) is 17.0 Å². The van der Waals surface area contributed by atoms with Crippen LogP contribution in [0, 0.1) is 0 Å². The molecule has 1 aromatic carbocycles. The molecule has 0 saturated heterocycles. The number of benzene rings is 1. The number of nitrogens with zero attached hydrogens (tertiary/aromatic N) is 2. The van der Waals surface area contributed by atoms with E-state index in [-0.39, 0.29) is 5.95 Å². The molecule has 1 aliphatic rings. The Morgan fingerprint density at radius 1 is 1.05 bits per heavy atom. The van der Waals surface area contributed by atoms with Gasteiger partial charge in [0.25, 0.3) is 0 Å². The Morgan fingerprint density at radius 2 is 1.84 bits per heavy atom. The van der Waals surface area contributed by atoms with Crippen LogP contribution in [0.25, 0.3) is 0 Å². The second-order valence-electron chi connectivity index (χ2n) is 4.71. The lowest BCUT2D eigenvalue weighted by atomic mass is 10.1. The molecule has 1 aromatic heterocycles. The van der Waals surface area contributed by atoms with E-state index in [2.05, 4.69) is 38.8 Å². The van der Waals surface area contributed by atoms with Crippen LogP contribution in [-0.2, 0) is 12.8 Å². The van der Waals surface area contributed by atoms with Gasteiger partial charge in [-0.15, -0.1) is 0 Å². The van der Waals surface area contributed by atoms with Gasteiger partial charge in [0, 0.05) is 18.8 Å². The number of anilines is 4. The number of hydrogen-bond acceptors (Lipinski definition) is 5. The molecular weight excluding hydrogens is 238 g/mol. The second kappa shape index (κ2) is 4.76. The summed E-state index contributed by atoms with van der Waals surface area (Å²) in [5.74, 6) is 1.67. The Balaban J connectivity index is 1.86. The summed E-state index contributed by atoms with van der Waals surface area (Å²) in [5.41, 5.74) is 9.61. The van der Waals surface area contributed by atoms with Crippen LogP contribution < -0.4 is 16.4 Å². The normalized spacial score (nSPS) is 13.1. The Labute approximate surface area is 112 Å². The molecule has 0 radical (unpaired) electrons. The van der Waals surface area contributed by atoms with Crippen LogP contribution >= 0.6 is 0 Å². The summed E-state index contributed by atoms with van der Waals surface area (Å²) in [6, 6.07) is 8.30. The quantitative estimate of drug-likeness (QED) is 0.784. The SMILES string of the molecule is CNc1cc(Nc2ccc3c(c2)CCC3)nc(N)n1. The maximum atomic E-state index is 5.68. The minimum absolute atomic E-state index is 0.260. The predicted octanol–water partition coefficient (Wildman–Crippen LogP) is 2.33. The van der Waals surface area contributed by atoms with Crippen molar-refractivity contribution in [3.8, 4) is 0 Å². The van der Waals surface area contributed by atoms with E-state index in [9.17, 15) is 0 Å². The Hall–Kier alpha value is -2.30. The number of aromatic nitrogens is 2. The van der Waals surface area contributed by atoms with Crippen molar-refractivity contribution in [1.29, 1.82) is 0 Å². The molecule has 2 aromatic rings. The topological polar surface area (TPSA) is 75.9 Å². The maximum Gasteiger partial charge on any atom is 0.223 e. The highest BCUT2D eigenvalue weighted by Gasteiger charge is 2.11. The van der Waals surface area contributed by atoms with Crippen molar-refractivity contribution >= 4 is 23.3 Å². The minimum atomic E-state index is 0.260. The zero-order chi connectivity index (χ0) is 13.2. The predicted molar refractivity (Wildman–Crippen MR) is 77.7 cm³/mol. The number of aryl methyl sites for hydroxylation is 2. The highest BCUT2D eigenvalue weighted by atomic mass is 15.1. The Bertz CT molecular complexity index is 609. The van der Waals surface area contributed by atoms with Crippen LogP contribution in [0.3, 0.4) is 0 Å². The lowest BCUT2D eigenvalue weighted by Crippen LogP contribution is -2.03. The first kappa shape index (κ1) is 11.8. The molecule has 19 heavy (non-hydrogen) atoms. The highest BCUT2D eigenvalue weighted by molar-refractivity contribution is 5.62. The molecule has 4 N–H and O–H groups in total. The summed E-state index contributed by atoms with van der Waals surface area (Å²) in [5, 5.41) is 6.24. The number of nitrogens with two attached hydrogens (primary N) is 1. The molecular formula is C14H17N5. The number of hydrogen-bond donors (Lipinski definition) is 3. The summed E-state index contributed by atoms with van der Waals surface area (Å²) >= 11 is 0. The Kier molecular flexibility index (Phi) is 2.95. The van der Waals surface area contributed by atoms with Crippen molar-refractivity contribution in [3.05, 3.63) is 35.4 Å². The number of nitrogens with one attached hydrogen (secondary N) is 2. The lowest BCUT2D eigenvalue weighted by Gasteiger charge is -2.09. The molecule has 0 amide bonds. The number of rotatable bonds is 3. The molecule has 0 atom stereocenters. The molecule has 1 heterocycles. The van der Waals surface area contributed by atoms with Crippen molar-refractivity contribution in [2.75, 3.05) is 23.4 Å². The van der Waals surface area contributed by atoms with Crippen LogP contribution in [0.5, 0.6) is 0 Å². The van der Waals surface area contributed by atoms with Gasteiger partial charge in [-0.3, -0.25) is 0 Å². The van der Waals surface area contributed by atoms with Gasteiger partial charge in [0.05, 0.1) is 0 Å². The third kappa shape index (κ3) is 2.45. The van der Waals surface area contributed by atoms with E-state index >= 15 is 0 Å². The van der Waals surface area contributed by atoms with Crippen LogP contribution in [0.15, 0.2) is 24.3 Å². The van der Waals surface area contributed by atoms with Crippen molar-refractivity contribution in [1.82, 2.24) is 9.97 Å². The van der Waals surface area contributed by atoms with E-state index in [1.165, 1.54) is 30.4 Å². The Morgan fingerprint density at radius 3 is 2.68 bits per heavy atom. The van der Waals surface area contributed by atoms with E-state index in [4.69, 9.17) is 5.73 Å². The number of nitrogen functional groups attached to an aromatic ring is 1. The second-order valence-corrected chi connectivity index (χ2v) is 4.71. The van der Waals surface area contributed by atoms with Gasteiger partial charge in [0.1, 0.15) is 11.6 Å². The largest absolute Gasteiger partial charge is 0.373 e. The molecule has 5 nitrogen and oxygen atoms in total. The molecule has 0 saturated carbocycles. The highest BCUT2D eigenvalue weighted by Crippen LogP contribution is 2.26. The van der Waals surface area contributed by atoms with Crippen molar-refractivity contribution in [2.45, 2.75) is 19.3 Å². The summed E-state index contributed by atoms with van der Waals surface area (Å²) in [6.45, 7) is 0. The molecule has 0 bridgehead atoms. The van der Waals surface area contributed by atoms with Gasteiger partial charge >= 0.3 is 0 Å². The fourth-order valence-electron chi connectivity index (χ4n) is 2.46. The molecule has 0 unspecified atom stereocenters. The summed E-state index contributed by atoms with van der Waals surface area (Å²) in [6.07, 6.45) is 3.61. The molecule has 5 heteroatoms. The first-order valence-corrected chi connectivity index (χ1v) is 6.46. The fourth-order valence-corrected chi connectivity index (χ4v) is 2.46. The summed E-state index contributed by atoms with van der Waals surface area (Å²) in [4.78, 5) is 8.25. The molecule has 1 aliphatic carbocycles. The van der Waals surface area contributed by atoms with Gasteiger partial charge < -0.3 is 16.4 Å². The average molecular weight is 255 g/mol. The van der Waals surface area contributed by atoms with Crippen molar-refractivity contribution in [3.63, 3.8) is 0 Å². The summed E-state index contributed by atoms with van der Waals surface area (Å²) in [7, 11) is 1.81. The van der Waals surface area contributed by atoms with Gasteiger partial charge in [-0.05, 0) is 42.5 Å². The van der Waals surface area contributed by atoms with E-state index < -0.39 is 0 Å². The van der Waals surface area contributed by atoms with E-state index in [1.807, 2.05) is 6.07 Å². The van der Waals surface area contributed by atoms with Crippen LogP contribution in [0.2, 0.25) is 0 Å². The third-order valence-electron chi connectivity index (χ3n) is 3.37. The van der Waals surface area contributed by atoms with Gasteiger partial charge in [0.15, 0.2) is 0 Å². The van der Waals surface area contributed by atoms with Gasteiger partial charge in [-0.2, -0.15) is 9.97 Å². The zero-order valence-electron chi connectivity index (χ0n) is 10.9. The van der Waals surface area contributed by atoms with Crippen LogP contribution in [0.4, 0.5) is 23.3 Å². The first-order valence-electron chi connectivity index (χ1n) is 6.46. The molecule has 0 spiro atoms. The zero-order valence-corrected chi connectivity index (χ0v) is 10.9. The number of fused-ring (bicyclic) bond motifs is 1. The van der Waals surface area contributed by atoms with Gasteiger partial charge in [-0.1, -0.05) is 6.07 Å².